The van der Waals surface area contributed by atoms with Gasteiger partial charge in [-0.1, -0.05) is 80.8 Å². The van der Waals surface area contributed by atoms with E-state index in [1.54, 1.807) is 0 Å². The lowest BCUT2D eigenvalue weighted by molar-refractivity contribution is 0.473. The molecule has 0 saturated carbocycles. The second kappa shape index (κ2) is 8.63. The van der Waals surface area contributed by atoms with Gasteiger partial charge in [0.05, 0.1) is 0 Å². The highest BCUT2D eigenvalue weighted by atomic mass is 14.9. The molecule has 21 heavy (non-hydrogen) atoms. The second-order valence-corrected chi connectivity index (χ2v) is 5.77. The number of hydrogen-bond donors (Lipinski definition) is 1. The van der Waals surface area contributed by atoms with Gasteiger partial charge >= 0.3 is 0 Å². The summed E-state index contributed by atoms with van der Waals surface area (Å²) >= 11 is 0. The van der Waals surface area contributed by atoms with E-state index in [0.717, 1.165) is 6.54 Å². The zero-order valence-corrected chi connectivity index (χ0v) is 13.3. The number of benzene rings is 2. The Bertz CT molecular complexity index is 518. The largest absolute Gasteiger partial charge is 0.306 e. The third-order valence-corrected chi connectivity index (χ3v) is 4.10. The van der Waals surface area contributed by atoms with Gasteiger partial charge in [-0.2, -0.15) is 0 Å². The van der Waals surface area contributed by atoms with Gasteiger partial charge in [-0.3, -0.25) is 0 Å². The molecule has 0 aliphatic heterocycles. The molecule has 0 aromatic heterocycles. The maximum Gasteiger partial charge on any atom is 0.0323 e. The third-order valence-electron chi connectivity index (χ3n) is 4.10. The number of nitrogens with one attached hydrogen (secondary N) is 1. The minimum absolute atomic E-state index is 0.456. The summed E-state index contributed by atoms with van der Waals surface area (Å²) in [5.41, 5.74) is 4.17. The molecule has 0 radical (unpaired) electrons. The molecule has 1 N–H and O–H groups in total. The molecular formula is C20H27N. The zero-order valence-electron chi connectivity index (χ0n) is 13.3. The molecule has 0 fully saturated rings. The van der Waals surface area contributed by atoms with Gasteiger partial charge in [-0.15, -0.1) is 0 Å². The lowest BCUT2D eigenvalue weighted by Gasteiger charge is -2.20. The molecule has 2 aromatic carbocycles. The fraction of sp³-hybridized carbons (Fsp3) is 0.400. The van der Waals surface area contributed by atoms with Gasteiger partial charge in [0, 0.05) is 12.6 Å². The molecule has 0 bridgehead atoms. The predicted molar refractivity (Wildman–Crippen MR) is 91.3 cm³/mol. The van der Waals surface area contributed by atoms with Crippen LogP contribution in [0.4, 0.5) is 0 Å². The summed E-state index contributed by atoms with van der Waals surface area (Å²) in [5, 5.41) is 3.75. The molecule has 0 aliphatic carbocycles. The Labute approximate surface area is 129 Å². The van der Waals surface area contributed by atoms with Crippen molar-refractivity contribution in [2.45, 2.75) is 52.1 Å². The molecule has 2 rings (SSSR count). The van der Waals surface area contributed by atoms with Crippen molar-refractivity contribution in [2.75, 3.05) is 0 Å². The fourth-order valence-corrected chi connectivity index (χ4v) is 2.71. The molecule has 112 valence electrons. The number of aryl methyl sites for hydroxylation is 1. The summed E-state index contributed by atoms with van der Waals surface area (Å²) < 4.78 is 0. The van der Waals surface area contributed by atoms with Crippen LogP contribution < -0.4 is 5.32 Å². The minimum Gasteiger partial charge on any atom is -0.306 e. The van der Waals surface area contributed by atoms with Crippen molar-refractivity contribution in [3.05, 3.63) is 71.3 Å². The molecule has 0 amide bonds. The van der Waals surface area contributed by atoms with E-state index in [9.17, 15) is 0 Å². The van der Waals surface area contributed by atoms with Crippen LogP contribution in [0.3, 0.4) is 0 Å². The van der Waals surface area contributed by atoms with Crippen LogP contribution in [-0.2, 0) is 6.54 Å². The van der Waals surface area contributed by atoms with E-state index in [2.05, 4.69) is 73.8 Å². The van der Waals surface area contributed by atoms with Crippen LogP contribution in [-0.4, -0.2) is 0 Å². The zero-order chi connectivity index (χ0) is 14.9. The Morgan fingerprint density at radius 1 is 0.905 bits per heavy atom. The summed E-state index contributed by atoms with van der Waals surface area (Å²) in [6.07, 6.45) is 5.09. The molecule has 1 nitrogen and oxygen atoms in total. The molecular weight excluding hydrogens is 254 g/mol. The van der Waals surface area contributed by atoms with E-state index >= 15 is 0 Å². The van der Waals surface area contributed by atoms with Crippen LogP contribution in [0.1, 0.15) is 55.3 Å². The smallest absolute Gasteiger partial charge is 0.0323 e. The van der Waals surface area contributed by atoms with Gasteiger partial charge in [0.1, 0.15) is 0 Å². The van der Waals surface area contributed by atoms with E-state index in [4.69, 9.17) is 0 Å². The van der Waals surface area contributed by atoms with Crippen molar-refractivity contribution >= 4 is 0 Å². The van der Waals surface area contributed by atoms with E-state index in [1.807, 2.05) is 0 Å². The number of unbranched alkanes of at least 4 members (excludes halogenated alkanes) is 2. The van der Waals surface area contributed by atoms with E-state index in [-0.39, 0.29) is 0 Å². The van der Waals surface area contributed by atoms with Crippen molar-refractivity contribution in [1.29, 1.82) is 0 Å². The maximum atomic E-state index is 3.75. The highest BCUT2D eigenvalue weighted by molar-refractivity contribution is 5.26. The average Bonchev–Trinajstić information content (AvgIpc) is 2.53. The van der Waals surface area contributed by atoms with Crippen molar-refractivity contribution in [3.8, 4) is 0 Å². The van der Waals surface area contributed by atoms with E-state index < -0.39 is 0 Å². The highest BCUT2D eigenvalue weighted by Crippen LogP contribution is 2.21. The maximum absolute atomic E-state index is 3.75. The summed E-state index contributed by atoms with van der Waals surface area (Å²) in [6.45, 7) is 5.39. The van der Waals surface area contributed by atoms with Gasteiger partial charge in [0.15, 0.2) is 0 Å². The van der Waals surface area contributed by atoms with Gasteiger partial charge in [-0.05, 0) is 30.0 Å². The summed E-state index contributed by atoms with van der Waals surface area (Å²) in [4.78, 5) is 0. The van der Waals surface area contributed by atoms with Crippen LogP contribution >= 0.6 is 0 Å². The number of rotatable bonds is 8. The Kier molecular flexibility index (Phi) is 6.49. The molecule has 0 heterocycles. The molecule has 1 unspecified atom stereocenters. The standard InChI is InChI=1S/C20H27N/c1-3-4-6-15-20(18-12-7-5-8-13-18)21-16-19-14-10-9-11-17(19)2/h5,7-14,20-21H,3-4,6,15-16H2,1-2H3. The highest BCUT2D eigenvalue weighted by Gasteiger charge is 2.10. The Morgan fingerprint density at radius 2 is 1.62 bits per heavy atom. The first-order chi connectivity index (χ1) is 10.3. The monoisotopic (exact) mass is 281 g/mol. The molecule has 2 aromatic rings. The summed E-state index contributed by atoms with van der Waals surface area (Å²) in [5.74, 6) is 0. The molecule has 1 heteroatoms. The Morgan fingerprint density at radius 3 is 2.33 bits per heavy atom. The molecule has 0 aliphatic rings. The molecule has 1 atom stereocenters. The predicted octanol–water partition coefficient (Wildman–Crippen LogP) is 5.41. The van der Waals surface area contributed by atoms with E-state index in [0.29, 0.717) is 6.04 Å². The average molecular weight is 281 g/mol. The van der Waals surface area contributed by atoms with E-state index in [1.165, 1.54) is 42.4 Å². The first-order valence-electron chi connectivity index (χ1n) is 8.14. The van der Waals surface area contributed by atoms with Gasteiger partial charge < -0.3 is 5.32 Å². The van der Waals surface area contributed by atoms with Crippen molar-refractivity contribution in [2.24, 2.45) is 0 Å². The lowest BCUT2D eigenvalue weighted by atomic mass is 9.99. The molecule has 0 saturated heterocycles. The summed E-state index contributed by atoms with van der Waals surface area (Å²) in [6, 6.07) is 19.9. The second-order valence-electron chi connectivity index (χ2n) is 5.77. The normalized spacial score (nSPS) is 12.3. The van der Waals surface area contributed by atoms with Crippen LogP contribution in [0, 0.1) is 6.92 Å². The van der Waals surface area contributed by atoms with Crippen molar-refractivity contribution < 1.29 is 0 Å². The summed E-state index contributed by atoms with van der Waals surface area (Å²) in [7, 11) is 0. The van der Waals surface area contributed by atoms with Crippen molar-refractivity contribution in [3.63, 3.8) is 0 Å². The van der Waals surface area contributed by atoms with Crippen LogP contribution in [0.2, 0.25) is 0 Å². The molecule has 0 spiro atoms. The van der Waals surface area contributed by atoms with Crippen LogP contribution in [0.5, 0.6) is 0 Å². The SMILES string of the molecule is CCCCCC(NCc1ccccc1C)c1ccccc1. The van der Waals surface area contributed by atoms with Gasteiger partial charge in [-0.25, -0.2) is 0 Å². The van der Waals surface area contributed by atoms with Gasteiger partial charge in [0.2, 0.25) is 0 Å². The van der Waals surface area contributed by atoms with Gasteiger partial charge in [0.25, 0.3) is 0 Å². The quantitative estimate of drug-likeness (QED) is 0.638. The Balaban J connectivity index is 2.00. The third kappa shape index (κ3) is 5.02. The lowest BCUT2D eigenvalue weighted by Crippen LogP contribution is -2.21. The number of hydrogen-bond acceptors (Lipinski definition) is 1. The Hall–Kier alpha value is -1.60. The van der Waals surface area contributed by atoms with Crippen LogP contribution in [0.25, 0.3) is 0 Å². The topological polar surface area (TPSA) is 12.0 Å². The van der Waals surface area contributed by atoms with Crippen molar-refractivity contribution in [1.82, 2.24) is 5.32 Å². The van der Waals surface area contributed by atoms with Crippen LogP contribution in [0.15, 0.2) is 54.6 Å². The first kappa shape index (κ1) is 15.8. The minimum atomic E-state index is 0.456. The first-order valence-corrected chi connectivity index (χ1v) is 8.14. The fourth-order valence-electron chi connectivity index (χ4n) is 2.71.